The lowest BCUT2D eigenvalue weighted by Crippen LogP contribution is -2.32. The predicted molar refractivity (Wildman–Crippen MR) is 109 cm³/mol. The van der Waals surface area contributed by atoms with Crippen LogP contribution in [0.25, 0.3) is 10.9 Å². The van der Waals surface area contributed by atoms with Crippen LogP contribution < -0.4 is 0 Å². The minimum Gasteiger partial charge on any atom is -0.347 e. The topological polar surface area (TPSA) is 8.17 Å². The number of likely N-dealkylation sites (tertiary alicyclic amines) is 1. The van der Waals surface area contributed by atoms with E-state index >= 15 is 0 Å². The summed E-state index contributed by atoms with van der Waals surface area (Å²) >= 11 is 0. The van der Waals surface area contributed by atoms with Crippen LogP contribution in [0.4, 0.5) is 4.39 Å². The zero-order chi connectivity index (χ0) is 18.4. The van der Waals surface area contributed by atoms with E-state index in [0.717, 1.165) is 43.0 Å². The molecule has 1 aliphatic heterocycles. The Balaban J connectivity index is 1.68. The zero-order valence-corrected chi connectivity index (χ0v) is 16.6. The Labute approximate surface area is 158 Å². The van der Waals surface area contributed by atoms with E-state index in [1.807, 2.05) is 6.07 Å². The monoisotopic (exact) mass is 358 g/mol. The number of unbranched alkanes of at least 4 members (excludes halogenated alkanes) is 5. The lowest BCUT2D eigenvalue weighted by atomic mass is 9.99. The van der Waals surface area contributed by atoms with Crippen LogP contribution in [-0.2, 0) is 13.1 Å². The van der Waals surface area contributed by atoms with Crippen molar-refractivity contribution in [3.8, 4) is 0 Å². The second-order valence-corrected chi connectivity index (χ2v) is 8.21. The smallest absolute Gasteiger partial charge is 0.132 e. The molecule has 2 heterocycles. The van der Waals surface area contributed by atoms with Crippen LogP contribution in [0.1, 0.15) is 70.8 Å². The van der Waals surface area contributed by atoms with Crippen molar-refractivity contribution in [2.24, 2.45) is 5.92 Å². The van der Waals surface area contributed by atoms with Gasteiger partial charge in [0.15, 0.2) is 0 Å². The second-order valence-electron chi connectivity index (χ2n) is 8.21. The maximum absolute atomic E-state index is 14.6. The molecule has 0 unspecified atom stereocenters. The van der Waals surface area contributed by atoms with Crippen molar-refractivity contribution in [3.63, 3.8) is 0 Å². The highest BCUT2D eigenvalue weighted by Crippen LogP contribution is 2.27. The average Bonchev–Trinajstić information content (AvgIpc) is 2.99. The SMILES string of the molecule is CCCCCCCCn1cc(CN2CCC(C)CC2)c2c(F)cccc21. The summed E-state index contributed by atoms with van der Waals surface area (Å²) in [6.45, 7) is 8.75. The number of nitrogens with zero attached hydrogens (tertiary/aromatic N) is 2. The van der Waals surface area contributed by atoms with Crippen LogP contribution in [0.2, 0.25) is 0 Å². The van der Waals surface area contributed by atoms with Crippen molar-refractivity contribution in [2.75, 3.05) is 13.1 Å². The van der Waals surface area contributed by atoms with Gasteiger partial charge in [-0.05, 0) is 56.0 Å². The molecule has 1 aliphatic rings. The number of hydrogen-bond acceptors (Lipinski definition) is 1. The van der Waals surface area contributed by atoms with Gasteiger partial charge in [0, 0.05) is 24.7 Å². The number of aromatic nitrogens is 1. The Morgan fingerprint density at radius 3 is 2.54 bits per heavy atom. The van der Waals surface area contributed by atoms with Gasteiger partial charge in [0.25, 0.3) is 0 Å². The molecular weight excluding hydrogens is 323 g/mol. The van der Waals surface area contributed by atoms with Crippen molar-refractivity contribution in [1.82, 2.24) is 9.47 Å². The van der Waals surface area contributed by atoms with Crippen LogP contribution in [0.5, 0.6) is 0 Å². The van der Waals surface area contributed by atoms with Gasteiger partial charge in [-0.2, -0.15) is 0 Å². The van der Waals surface area contributed by atoms with Crippen molar-refractivity contribution in [1.29, 1.82) is 0 Å². The van der Waals surface area contributed by atoms with Crippen LogP contribution in [-0.4, -0.2) is 22.6 Å². The van der Waals surface area contributed by atoms with Crippen LogP contribution in [0, 0.1) is 11.7 Å². The van der Waals surface area contributed by atoms with Crippen molar-refractivity contribution in [2.45, 2.75) is 78.3 Å². The zero-order valence-electron chi connectivity index (χ0n) is 16.6. The summed E-state index contributed by atoms with van der Waals surface area (Å²) in [7, 11) is 0. The summed E-state index contributed by atoms with van der Waals surface area (Å²) in [5.74, 6) is 0.765. The van der Waals surface area contributed by atoms with Crippen molar-refractivity contribution in [3.05, 3.63) is 35.8 Å². The molecule has 26 heavy (non-hydrogen) atoms. The van der Waals surface area contributed by atoms with E-state index in [1.54, 1.807) is 6.07 Å². The molecule has 0 saturated carbocycles. The highest BCUT2D eigenvalue weighted by atomic mass is 19.1. The summed E-state index contributed by atoms with van der Waals surface area (Å²) in [6, 6.07) is 5.54. The molecule has 3 heteroatoms. The molecule has 0 N–H and O–H groups in total. The summed E-state index contributed by atoms with van der Waals surface area (Å²) in [6.07, 6.45) is 12.5. The molecule has 1 aromatic heterocycles. The number of hydrogen-bond donors (Lipinski definition) is 0. The average molecular weight is 359 g/mol. The molecule has 1 fully saturated rings. The number of benzene rings is 1. The van der Waals surface area contributed by atoms with Gasteiger partial charge in [0.1, 0.15) is 5.82 Å². The van der Waals surface area contributed by atoms with Crippen molar-refractivity contribution >= 4 is 10.9 Å². The van der Waals surface area contributed by atoms with Gasteiger partial charge in [0.05, 0.1) is 5.52 Å². The fraction of sp³-hybridized carbons (Fsp3) is 0.652. The van der Waals surface area contributed by atoms with Gasteiger partial charge >= 0.3 is 0 Å². The molecule has 144 valence electrons. The van der Waals surface area contributed by atoms with E-state index < -0.39 is 0 Å². The van der Waals surface area contributed by atoms with Gasteiger partial charge in [-0.1, -0.05) is 52.0 Å². The summed E-state index contributed by atoms with van der Waals surface area (Å²) in [5, 5.41) is 0.845. The molecule has 2 aromatic rings. The standard InChI is InChI=1S/C23H35FN2/c1-3-4-5-6-7-8-14-26-18-20(17-25-15-12-19(2)13-16-25)23-21(24)10-9-11-22(23)26/h9-11,18-19H,3-8,12-17H2,1-2H3. The van der Waals surface area contributed by atoms with Crippen LogP contribution in [0.3, 0.4) is 0 Å². The summed E-state index contributed by atoms with van der Waals surface area (Å²) in [5.41, 5.74) is 2.23. The number of halogens is 1. The number of aryl methyl sites for hydroxylation is 1. The summed E-state index contributed by atoms with van der Waals surface area (Å²) < 4.78 is 16.9. The van der Waals surface area contributed by atoms with E-state index in [0.29, 0.717) is 0 Å². The molecule has 0 radical (unpaired) electrons. The largest absolute Gasteiger partial charge is 0.347 e. The third-order valence-corrected chi connectivity index (χ3v) is 5.96. The quantitative estimate of drug-likeness (QED) is 0.473. The third kappa shape index (κ3) is 4.88. The first-order chi connectivity index (χ1) is 12.7. The molecule has 0 spiro atoms. The van der Waals surface area contributed by atoms with E-state index in [1.165, 1.54) is 56.9 Å². The first-order valence-electron chi connectivity index (χ1n) is 10.7. The van der Waals surface area contributed by atoms with E-state index in [2.05, 4.69) is 35.6 Å². The molecule has 2 nitrogen and oxygen atoms in total. The van der Waals surface area contributed by atoms with Crippen LogP contribution >= 0.6 is 0 Å². The van der Waals surface area contributed by atoms with E-state index in [-0.39, 0.29) is 5.82 Å². The Morgan fingerprint density at radius 2 is 1.77 bits per heavy atom. The highest BCUT2D eigenvalue weighted by Gasteiger charge is 2.19. The fourth-order valence-corrected chi connectivity index (χ4v) is 4.22. The number of piperidine rings is 1. The van der Waals surface area contributed by atoms with Gasteiger partial charge < -0.3 is 4.57 Å². The van der Waals surface area contributed by atoms with Gasteiger partial charge in [-0.3, -0.25) is 4.90 Å². The molecule has 0 amide bonds. The Bertz CT molecular complexity index is 683. The summed E-state index contributed by atoms with van der Waals surface area (Å²) in [4.78, 5) is 2.50. The Kier molecular flexibility index (Phi) is 7.13. The molecule has 0 aliphatic carbocycles. The van der Waals surface area contributed by atoms with E-state index in [4.69, 9.17) is 0 Å². The molecule has 3 rings (SSSR count). The Morgan fingerprint density at radius 1 is 1.04 bits per heavy atom. The van der Waals surface area contributed by atoms with Gasteiger partial charge in [-0.25, -0.2) is 4.39 Å². The third-order valence-electron chi connectivity index (χ3n) is 5.96. The van der Waals surface area contributed by atoms with Crippen LogP contribution in [0.15, 0.2) is 24.4 Å². The first-order valence-corrected chi connectivity index (χ1v) is 10.7. The first kappa shape index (κ1) is 19.4. The maximum Gasteiger partial charge on any atom is 0.132 e. The van der Waals surface area contributed by atoms with Gasteiger partial charge in [-0.15, -0.1) is 0 Å². The van der Waals surface area contributed by atoms with Gasteiger partial charge in [0.2, 0.25) is 0 Å². The minimum atomic E-state index is -0.0652. The number of rotatable bonds is 9. The molecule has 0 atom stereocenters. The lowest BCUT2D eigenvalue weighted by molar-refractivity contribution is 0.185. The normalized spacial score (nSPS) is 16.6. The molecular formula is C23H35FN2. The maximum atomic E-state index is 14.6. The minimum absolute atomic E-state index is 0.0652. The Hall–Kier alpha value is -1.35. The second kappa shape index (κ2) is 9.55. The van der Waals surface area contributed by atoms with Crippen molar-refractivity contribution < 1.29 is 4.39 Å². The highest BCUT2D eigenvalue weighted by molar-refractivity contribution is 5.84. The molecule has 0 bridgehead atoms. The predicted octanol–water partition coefficient (Wildman–Crippen LogP) is 6.37. The van der Waals surface area contributed by atoms with E-state index in [9.17, 15) is 4.39 Å². The fourth-order valence-electron chi connectivity index (χ4n) is 4.22. The molecule has 1 saturated heterocycles. The lowest BCUT2D eigenvalue weighted by Gasteiger charge is -2.30. The number of fused-ring (bicyclic) bond motifs is 1. The molecule has 1 aromatic carbocycles.